The van der Waals surface area contributed by atoms with Crippen LogP contribution in [-0.2, 0) is 14.3 Å². The van der Waals surface area contributed by atoms with E-state index < -0.39 is 0 Å². The molecule has 4 aliphatic rings. The van der Waals surface area contributed by atoms with Crippen molar-refractivity contribution < 1.29 is 19.4 Å². The van der Waals surface area contributed by atoms with Gasteiger partial charge in [-0.25, -0.2) is 0 Å². The Balaban J connectivity index is 1.53. The lowest BCUT2D eigenvalue weighted by Gasteiger charge is -2.53. The highest BCUT2D eigenvalue weighted by Crippen LogP contribution is 2.61. The minimum absolute atomic E-state index is 0.0400. The minimum Gasteiger partial charge on any atom is -0.463 e. The fourth-order valence-electron chi connectivity index (χ4n) is 8.59. The van der Waals surface area contributed by atoms with Crippen LogP contribution in [0.5, 0.6) is 0 Å². The molecule has 0 unspecified atom stereocenters. The first-order chi connectivity index (χ1) is 15.9. The second-order valence-electron chi connectivity index (χ2n) is 13.2. The number of aliphatic hydroxyl groups is 1. The van der Waals surface area contributed by atoms with E-state index >= 15 is 0 Å². The molecule has 192 valence electrons. The van der Waals surface area contributed by atoms with Gasteiger partial charge in [-0.3, -0.25) is 9.59 Å². The molecule has 0 aromatic heterocycles. The summed E-state index contributed by atoms with van der Waals surface area (Å²) in [4.78, 5) is 25.7. The average molecular weight is 473 g/mol. The van der Waals surface area contributed by atoms with Gasteiger partial charge in [0.1, 0.15) is 6.10 Å². The van der Waals surface area contributed by atoms with Crippen molar-refractivity contribution in [1.29, 1.82) is 0 Å². The standard InChI is InChI=1S/C30H48O4/c1-17(2)18(3)27(32)23-10-11-25(19(23)4)30(7)15-13-26-24(28(30)33)9-8-21-16-22(34-20(5)31)12-14-29(21,26)6/h17-19,21-23,25,27,32H,8-16H2,1-7H3/t18-,19-,21+,22+,23-,25-,27-,29+,30-/m1/s1. The third-order valence-corrected chi connectivity index (χ3v) is 11.2. The average Bonchev–Trinajstić information content (AvgIpc) is 3.17. The lowest BCUT2D eigenvalue weighted by molar-refractivity contribution is -0.150. The van der Waals surface area contributed by atoms with Gasteiger partial charge >= 0.3 is 5.97 Å². The van der Waals surface area contributed by atoms with Crippen LogP contribution < -0.4 is 0 Å². The van der Waals surface area contributed by atoms with Crippen molar-refractivity contribution in [3.63, 3.8) is 0 Å². The van der Waals surface area contributed by atoms with Gasteiger partial charge < -0.3 is 9.84 Å². The van der Waals surface area contributed by atoms with Gasteiger partial charge in [0.25, 0.3) is 0 Å². The Morgan fingerprint density at radius 1 is 1.03 bits per heavy atom. The van der Waals surface area contributed by atoms with E-state index in [9.17, 15) is 14.7 Å². The topological polar surface area (TPSA) is 63.6 Å². The molecule has 0 heterocycles. The first-order valence-electron chi connectivity index (χ1n) is 14.0. The second-order valence-corrected chi connectivity index (χ2v) is 13.2. The SMILES string of the molecule is CC(=O)O[C@H]1CC[C@]2(C)C3=C(CC[C@H]2C1)C(=O)[C@@](C)([C@@H]1CC[C@@H]([C@H](O)[C@H](C)C(C)C)[C@H]1C)CC3. The molecule has 4 aliphatic carbocycles. The van der Waals surface area contributed by atoms with E-state index in [0.717, 1.165) is 63.4 Å². The van der Waals surface area contributed by atoms with E-state index in [1.165, 1.54) is 12.5 Å². The highest BCUT2D eigenvalue weighted by Gasteiger charge is 2.56. The van der Waals surface area contributed by atoms with Crippen molar-refractivity contribution in [2.24, 2.45) is 46.3 Å². The number of allylic oxidation sites excluding steroid dienone is 2. The van der Waals surface area contributed by atoms with E-state index in [0.29, 0.717) is 35.4 Å². The Labute approximate surface area is 207 Å². The van der Waals surface area contributed by atoms with Crippen LogP contribution in [0.4, 0.5) is 0 Å². The lowest BCUT2D eigenvalue weighted by Crippen LogP contribution is -2.48. The zero-order valence-corrected chi connectivity index (χ0v) is 22.7. The van der Waals surface area contributed by atoms with Crippen LogP contribution in [-0.4, -0.2) is 29.1 Å². The molecule has 0 bridgehead atoms. The van der Waals surface area contributed by atoms with Crippen molar-refractivity contribution in [2.75, 3.05) is 0 Å². The second kappa shape index (κ2) is 9.37. The predicted octanol–water partition coefficient (Wildman–Crippen LogP) is 6.50. The highest BCUT2D eigenvalue weighted by atomic mass is 16.5. The molecule has 4 nitrogen and oxygen atoms in total. The van der Waals surface area contributed by atoms with Gasteiger partial charge in [0.2, 0.25) is 0 Å². The number of Topliss-reactive ketones (excluding diaryl/α,β-unsaturated/α-hetero) is 1. The first kappa shape index (κ1) is 25.9. The summed E-state index contributed by atoms with van der Waals surface area (Å²) in [7, 11) is 0. The van der Waals surface area contributed by atoms with Crippen molar-refractivity contribution in [3.05, 3.63) is 11.1 Å². The fourth-order valence-corrected chi connectivity index (χ4v) is 8.59. The molecule has 0 amide bonds. The molecule has 0 radical (unpaired) electrons. The molecule has 0 aliphatic heterocycles. The maximum Gasteiger partial charge on any atom is 0.302 e. The van der Waals surface area contributed by atoms with Gasteiger partial charge in [-0.05, 0) is 104 Å². The molecule has 4 rings (SSSR count). The number of carbonyl (C=O) groups excluding carboxylic acids is 2. The maximum atomic E-state index is 14.2. The van der Waals surface area contributed by atoms with Gasteiger partial charge in [-0.15, -0.1) is 0 Å². The van der Waals surface area contributed by atoms with Crippen molar-refractivity contribution in [1.82, 2.24) is 0 Å². The smallest absolute Gasteiger partial charge is 0.302 e. The number of esters is 1. The summed E-state index contributed by atoms with van der Waals surface area (Å²) >= 11 is 0. The molecular weight excluding hydrogens is 424 g/mol. The maximum absolute atomic E-state index is 14.2. The van der Waals surface area contributed by atoms with E-state index in [2.05, 4.69) is 41.5 Å². The van der Waals surface area contributed by atoms with Crippen molar-refractivity contribution in [3.8, 4) is 0 Å². The van der Waals surface area contributed by atoms with Crippen LogP contribution in [0, 0.1) is 46.3 Å². The van der Waals surface area contributed by atoms with Gasteiger partial charge in [0.15, 0.2) is 5.78 Å². The summed E-state index contributed by atoms with van der Waals surface area (Å²) in [6.07, 6.45) is 8.60. The Bertz CT molecular complexity index is 843. The Hall–Kier alpha value is -1.16. The van der Waals surface area contributed by atoms with Gasteiger partial charge in [-0.2, -0.15) is 0 Å². The Kier molecular flexibility index (Phi) is 7.15. The van der Waals surface area contributed by atoms with E-state index in [1.807, 2.05) is 0 Å². The van der Waals surface area contributed by atoms with Crippen LogP contribution in [0.3, 0.4) is 0 Å². The minimum atomic E-state index is -0.300. The van der Waals surface area contributed by atoms with E-state index in [-0.39, 0.29) is 34.9 Å². The Morgan fingerprint density at radius 2 is 1.74 bits per heavy atom. The molecular formula is C30H48O4. The van der Waals surface area contributed by atoms with Gasteiger partial charge in [0.05, 0.1) is 6.10 Å². The molecule has 4 heteroatoms. The number of fused-ring (bicyclic) bond motifs is 2. The summed E-state index contributed by atoms with van der Waals surface area (Å²) in [6, 6.07) is 0. The molecule has 34 heavy (non-hydrogen) atoms. The number of ketones is 1. The normalized spacial score (nSPS) is 42.3. The molecule has 1 N–H and O–H groups in total. The summed E-state index contributed by atoms with van der Waals surface area (Å²) in [6.45, 7) is 15.0. The number of carbonyl (C=O) groups is 2. The zero-order valence-electron chi connectivity index (χ0n) is 22.7. The monoisotopic (exact) mass is 472 g/mol. The summed E-state index contributed by atoms with van der Waals surface area (Å²) in [5, 5.41) is 11.1. The van der Waals surface area contributed by atoms with E-state index in [4.69, 9.17) is 4.74 Å². The Morgan fingerprint density at radius 3 is 2.38 bits per heavy atom. The van der Waals surface area contributed by atoms with E-state index in [1.54, 1.807) is 0 Å². The molecule has 9 atom stereocenters. The number of rotatable bonds is 5. The number of hydrogen-bond donors (Lipinski definition) is 1. The highest BCUT2D eigenvalue weighted by molar-refractivity contribution is 6.02. The van der Waals surface area contributed by atoms with Crippen LogP contribution in [0.1, 0.15) is 106 Å². The quantitative estimate of drug-likeness (QED) is 0.464. The molecule has 2 saturated carbocycles. The van der Waals surface area contributed by atoms with Crippen LogP contribution >= 0.6 is 0 Å². The van der Waals surface area contributed by atoms with Gasteiger partial charge in [-0.1, -0.05) is 47.1 Å². The molecule has 0 aromatic carbocycles. The lowest BCUT2D eigenvalue weighted by atomic mass is 9.51. The molecule has 0 spiro atoms. The first-order valence-corrected chi connectivity index (χ1v) is 14.0. The predicted molar refractivity (Wildman–Crippen MR) is 135 cm³/mol. The summed E-state index contributed by atoms with van der Waals surface area (Å²) < 4.78 is 5.57. The number of ether oxygens (including phenoxy) is 1. The van der Waals surface area contributed by atoms with Crippen molar-refractivity contribution in [2.45, 2.75) is 118 Å². The summed E-state index contributed by atoms with van der Waals surface area (Å²) in [5.41, 5.74) is 2.35. The molecule has 0 aromatic rings. The third-order valence-electron chi connectivity index (χ3n) is 11.2. The molecule has 0 saturated heterocycles. The molecule has 2 fully saturated rings. The van der Waals surface area contributed by atoms with Crippen LogP contribution in [0.2, 0.25) is 0 Å². The third kappa shape index (κ3) is 4.20. The number of hydrogen-bond acceptors (Lipinski definition) is 4. The van der Waals surface area contributed by atoms with Crippen LogP contribution in [0.25, 0.3) is 0 Å². The van der Waals surface area contributed by atoms with Crippen molar-refractivity contribution >= 4 is 11.8 Å². The summed E-state index contributed by atoms with van der Waals surface area (Å²) in [5.74, 6) is 2.53. The fraction of sp³-hybridized carbons (Fsp3) is 0.867. The number of aliphatic hydroxyl groups excluding tert-OH is 1. The van der Waals surface area contributed by atoms with Gasteiger partial charge in [0, 0.05) is 12.3 Å². The largest absolute Gasteiger partial charge is 0.463 e. The van der Waals surface area contributed by atoms with Crippen LogP contribution in [0.15, 0.2) is 11.1 Å². The zero-order chi connectivity index (χ0) is 25.0.